The summed E-state index contributed by atoms with van der Waals surface area (Å²) < 4.78 is 20.6. The van der Waals surface area contributed by atoms with Gasteiger partial charge in [0.15, 0.2) is 5.82 Å². The van der Waals surface area contributed by atoms with Gasteiger partial charge in [-0.2, -0.15) is 5.10 Å². The van der Waals surface area contributed by atoms with Crippen LogP contribution < -0.4 is 5.32 Å². The molecular formula is C18H13FN6O3. The average molecular weight is 380 g/mol. The lowest BCUT2D eigenvalue weighted by atomic mass is 10.2. The Kier molecular flexibility index (Phi) is 4.50. The molecule has 0 aliphatic rings. The normalized spacial score (nSPS) is 10.8. The summed E-state index contributed by atoms with van der Waals surface area (Å²) >= 11 is 0. The van der Waals surface area contributed by atoms with E-state index in [1.54, 1.807) is 35.0 Å². The van der Waals surface area contributed by atoms with Crippen LogP contribution in [-0.4, -0.2) is 36.1 Å². The van der Waals surface area contributed by atoms with Gasteiger partial charge in [-0.25, -0.2) is 19.2 Å². The molecule has 0 aliphatic heterocycles. The quantitative estimate of drug-likeness (QED) is 0.545. The first-order valence-corrected chi connectivity index (χ1v) is 8.14. The van der Waals surface area contributed by atoms with Crippen LogP contribution in [0.4, 0.5) is 14.9 Å². The Bertz CT molecular complexity index is 1110. The van der Waals surface area contributed by atoms with Gasteiger partial charge in [0.2, 0.25) is 0 Å². The number of halogens is 1. The monoisotopic (exact) mass is 380 g/mol. The molecule has 10 heteroatoms. The highest BCUT2D eigenvalue weighted by molar-refractivity contribution is 5.82. The van der Waals surface area contributed by atoms with Crippen molar-refractivity contribution in [1.82, 2.24) is 24.9 Å². The van der Waals surface area contributed by atoms with Gasteiger partial charge in [0.25, 0.3) is 0 Å². The zero-order valence-corrected chi connectivity index (χ0v) is 14.3. The van der Waals surface area contributed by atoms with Crippen molar-refractivity contribution in [3.8, 4) is 22.9 Å². The second-order valence-corrected chi connectivity index (χ2v) is 5.77. The predicted molar refractivity (Wildman–Crippen MR) is 95.9 cm³/mol. The number of hydrogen-bond acceptors (Lipinski definition) is 6. The molecule has 1 amide bonds. The van der Waals surface area contributed by atoms with E-state index in [0.29, 0.717) is 22.6 Å². The molecule has 0 saturated heterocycles. The maximum atomic E-state index is 14.1. The van der Waals surface area contributed by atoms with E-state index in [0.717, 1.165) is 0 Å². The van der Waals surface area contributed by atoms with Gasteiger partial charge in [-0.15, -0.1) is 0 Å². The van der Waals surface area contributed by atoms with Crippen LogP contribution >= 0.6 is 0 Å². The highest BCUT2D eigenvalue weighted by Crippen LogP contribution is 2.25. The van der Waals surface area contributed by atoms with Crippen molar-refractivity contribution in [3.63, 3.8) is 0 Å². The number of carbonyl (C=O) groups is 1. The van der Waals surface area contributed by atoms with Gasteiger partial charge in [-0.3, -0.25) is 10.00 Å². The Morgan fingerprint density at radius 1 is 1.18 bits per heavy atom. The summed E-state index contributed by atoms with van der Waals surface area (Å²) in [4.78, 5) is 18.9. The molecular weight excluding hydrogens is 367 g/mol. The first kappa shape index (κ1) is 17.3. The van der Waals surface area contributed by atoms with Crippen LogP contribution in [0, 0.1) is 5.82 Å². The zero-order chi connectivity index (χ0) is 19.5. The molecule has 3 aromatic heterocycles. The van der Waals surface area contributed by atoms with Gasteiger partial charge >= 0.3 is 6.09 Å². The largest absolute Gasteiger partial charge is 0.465 e. The molecule has 0 unspecified atom stereocenters. The minimum absolute atomic E-state index is 0.174. The summed E-state index contributed by atoms with van der Waals surface area (Å²) in [5.41, 5.74) is 2.25. The van der Waals surface area contributed by atoms with Gasteiger partial charge in [0, 0.05) is 11.6 Å². The van der Waals surface area contributed by atoms with Crippen LogP contribution in [0.1, 0.15) is 5.56 Å². The third-order valence-electron chi connectivity index (χ3n) is 3.89. The summed E-state index contributed by atoms with van der Waals surface area (Å²) in [6.45, 7) is 0.174. The van der Waals surface area contributed by atoms with Crippen LogP contribution in [0.25, 0.3) is 22.9 Å². The Morgan fingerprint density at radius 2 is 1.96 bits per heavy atom. The zero-order valence-electron chi connectivity index (χ0n) is 14.3. The molecule has 28 heavy (non-hydrogen) atoms. The van der Waals surface area contributed by atoms with Crippen LogP contribution in [0.2, 0.25) is 0 Å². The van der Waals surface area contributed by atoms with Gasteiger partial charge in [0.1, 0.15) is 23.5 Å². The lowest BCUT2D eigenvalue weighted by Gasteiger charge is -2.06. The molecule has 0 bridgehead atoms. The second kappa shape index (κ2) is 7.27. The van der Waals surface area contributed by atoms with Crippen molar-refractivity contribution in [3.05, 3.63) is 66.4 Å². The molecule has 4 aromatic rings. The van der Waals surface area contributed by atoms with Crippen molar-refractivity contribution < 1.29 is 18.8 Å². The number of nitrogens with zero attached hydrogens (tertiary/aromatic N) is 5. The van der Waals surface area contributed by atoms with Crippen molar-refractivity contribution in [1.29, 1.82) is 0 Å². The van der Waals surface area contributed by atoms with Crippen LogP contribution in [0.3, 0.4) is 0 Å². The summed E-state index contributed by atoms with van der Waals surface area (Å²) in [5.74, 6) is -0.0565. The van der Waals surface area contributed by atoms with E-state index in [9.17, 15) is 9.18 Å². The standard InChI is InChI=1S/C18H13FN6O3/c19-13-4-2-1-3-11(13)10-25-16(14-5-6-28-24-14)7-15(23-25)17-20-8-12(9-21-17)22-18(26)27/h1-9,22H,10H2,(H,26,27). The Hall–Kier alpha value is -4.08. The van der Waals surface area contributed by atoms with Crippen molar-refractivity contribution in [2.24, 2.45) is 0 Å². The van der Waals surface area contributed by atoms with Crippen LogP contribution in [0.15, 0.2) is 59.6 Å². The van der Waals surface area contributed by atoms with E-state index >= 15 is 0 Å². The molecule has 3 heterocycles. The Balaban J connectivity index is 1.71. The molecule has 2 N–H and O–H groups in total. The Morgan fingerprint density at radius 3 is 2.64 bits per heavy atom. The topological polar surface area (TPSA) is 119 Å². The predicted octanol–water partition coefficient (Wildman–Crippen LogP) is 3.27. The molecule has 0 atom stereocenters. The van der Waals surface area contributed by atoms with Gasteiger partial charge in [-0.05, 0) is 12.1 Å². The number of carboxylic acid groups (broad SMARTS) is 1. The molecule has 9 nitrogen and oxygen atoms in total. The fraction of sp³-hybridized carbons (Fsp3) is 0.0556. The molecule has 0 saturated carbocycles. The van der Waals surface area contributed by atoms with Crippen molar-refractivity contribution >= 4 is 11.8 Å². The summed E-state index contributed by atoms with van der Waals surface area (Å²) in [7, 11) is 0. The first-order valence-electron chi connectivity index (χ1n) is 8.14. The van der Waals surface area contributed by atoms with Gasteiger partial charge in [0.05, 0.1) is 30.3 Å². The highest BCUT2D eigenvalue weighted by atomic mass is 19.1. The Labute approximate surface area is 157 Å². The summed E-state index contributed by atoms with van der Waals surface area (Å²) in [5, 5.41) is 19.3. The molecule has 0 aliphatic carbocycles. The minimum Gasteiger partial charge on any atom is -0.465 e. The van der Waals surface area contributed by atoms with E-state index in [1.165, 1.54) is 24.7 Å². The third kappa shape index (κ3) is 3.56. The van der Waals surface area contributed by atoms with E-state index in [4.69, 9.17) is 9.63 Å². The first-order chi connectivity index (χ1) is 13.6. The molecule has 4 rings (SSSR count). The number of aromatic nitrogens is 5. The highest BCUT2D eigenvalue weighted by Gasteiger charge is 2.16. The summed E-state index contributed by atoms with van der Waals surface area (Å²) in [6, 6.07) is 9.79. The maximum absolute atomic E-state index is 14.1. The van der Waals surface area contributed by atoms with Gasteiger partial charge in [-0.1, -0.05) is 23.4 Å². The number of hydrogen-bond donors (Lipinski definition) is 2. The van der Waals surface area contributed by atoms with E-state index in [2.05, 4.69) is 25.5 Å². The number of amides is 1. The van der Waals surface area contributed by atoms with Crippen LogP contribution in [-0.2, 0) is 6.54 Å². The lowest BCUT2D eigenvalue weighted by Crippen LogP contribution is -2.08. The van der Waals surface area contributed by atoms with Gasteiger partial charge < -0.3 is 9.63 Å². The maximum Gasteiger partial charge on any atom is 0.409 e. The van der Waals surface area contributed by atoms with E-state index < -0.39 is 6.09 Å². The summed E-state index contributed by atoms with van der Waals surface area (Å²) in [6.07, 6.45) is 2.89. The smallest absolute Gasteiger partial charge is 0.409 e. The SMILES string of the molecule is O=C(O)Nc1cnc(-c2cc(-c3ccon3)n(Cc3ccccc3F)n2)nc1. The van der Waals surface area contributed by atoms with Crippen molar-refractivity contribution in [2.45, 2.75) is 6.54 Å². The lowest BCUT2D eigenvalue weighted by molar-refractivity contribution is 0.209. The second-order valence-electron chi connectivity index (χ2n) is 5.77. The third-order valence-corrected chi connectivity index (χ3v) is 3.89. The molecule has 140 valence electrons. The molecule has 0 radical (unpaired) electrons. The van der Waals surface area contributed by atoms with E-state index in [-0.39, 0.29) is 23.9 Å². The van der Waals surface area contributed by atoms with Crippen molar-refractivity contribution in [2.75, 3.05) is 5.32 Å². The number of anilines is 1. The molecule has 1 aromatic carbocycles. The average Bonchev–Trinajstić information content (AvgIpc) is 3.33. The number of benzene rings is 1. The van der Waals surface area contributed by atoms with Crippen LogP contribution in [0.5, 0.6) is 0 Å². The fourth-order valence-corrected chi connectivity index (χ4v) is 2.63. The minimum atomic E-state index is -1.21. The molecule has 0 spiro atoms. The number of nitrogens with one attached hydrogen (secondary N) is 1. The number of rotatable bonds is 5. The van der Waals surface area contributed by atoms with E-state index in [1.807, 2.05) is 0 Å². The molecule has 0 fully saturated rings. The fourth-order valence-electron chi connectivity index (χ4n) is 2.63.